The van der Waals surface area contributed by atoms with Crippen LogP contribution in [0.3, 0.4) is 0 Å². The summed E-state index contributed by atoms with van der Waals surface area (Å²) in [6.45, 7) is 12.1. The zero-order valence-electron chi connectivity index (χ0n) is 16.9. The molecule has 3 heteroatoms. The fraction of sp³-hybridized carbons (Fsp3) is 0.727. The van der Waals surface area contributed by atoms with E-state index in [9.17, 15) is 0 Å². The molecule has 0 aliphatic carbocycles. The van der Waals surface area contributed by atoms with E-state index in [4.69, 9.17) is 9.47 Å². The first-order valence-corrected chi connectivity index (χ1v) is 9.82. The van der Waals surface area contributed by atoms with Crippen molar-refractivity contribution in [3.63, 3.8) is 0 Å². The monoisotopic (exact) mass is 347 g/mol. The summed E-state index contributed by atoms with van der Waals surface area (Å²) in [6.07, 6.45) is 6.25. The maximum absolute atomic E-state index is 5.99. The molecule has 1 atom stereocenters. The summed E-state index contributed by atoms with van der Waals surface area (Å²) < 4.78 is 11.2. The zero-order valence-corrected chi connectivity index (χ0v) is 16.9. The van der Waals surface area contributed by atoms with E-state index < -0.39 is 0 Å². The smallest absolute Gasteiger partial charge is 0.118 e. The first kappa shape index (κ1) is 20.3. The lowest BCUT2D eigenvalue weighted by molar-refractivity contribution is -0.110. The van der Waals surface area contributed by atoms with E-state index in [0.29, 0.717) is 5.41 Å². The predicted molar refractivity (Wildman–Crippen MR) is 105 cm³/mol. The third kappa shape index (κ3) is 6.63. The topological polar surface area (TPSA) is 30.5 Å². The van der Waals surface area contributed by atoms with E-state index >= 15 is 0 Å². The minimum atomic E-state index is 0.0191. The first-order chi connectivity index (χ1) is 11.8. The van der Waals surface area contributed by atoms with Crippen molar-refractivity contribution in [3.8, 4) is 5.75 Å². The summed E-state index contributed by atoms with van der Waals surface area (Å²) in [5.74, 6) is 1.69. The van der Waals surface area contributed by atoms with Crippen molar-refractivity contribution in [2.45, 2.75) is 71.9 Å². The maximum Gasteiger partial charge on any atom is 0.118 e. The average Bonchev–Trinajstić information content (AvgIpc) is 2.57. The van der Waals surface area contributed by atoms with Gasteiger partial charge in [-0.3, -0.25) is 0 Å². The Morgan fingerprint density at radius 2 is 1.88 bits per heavy atom. The molecule has 1 aromatic rings. The number of hydrogen-bond donors (Lipinski definition) is 1. The van der Waals surface area contributed by atoms with Crippen molar-refractivity contribution >= 4 is 0 Å². The minimum absolute atomic E-state index is 0.0191. The minimum Gasteiger partial charge on any atom is -0.497 e. The second-order valence-electron chi connectivity index (χ2n) is 8.74. The van der Waals surface area contributed by atoms with Crippen LogP contribution >= 0.6 is 0 Å². The molecule has 1 heterocycles. The van der Waals surface area contributed by atoms with Crippen molar-refractivity contribution < 1.29 is 9.47 Å². The van der Waals surface area contributed by atoms with Crippen LogP contribution in [0.15, 0.2) is 24.3 Å². The lowest BCUT2D eigenvalue weighted by Gasteiger charge is -2.45. The van der Waals surface area contributed by atoms with Gasteiger partial charge in [0.15, 0.2) is 0 Å². The van der Waals surface area contributed by atoms with Gasteiger partial charge in [0, 0.05) is 13.2 Å². The number of nitrogens with one attached hydrogen (secondary N) is 1. The Bertz CT molecular complexity index is 509. The SMILES string of the molecule is COc1ccc(CNCC[C@]2(CCC(C)C)CCOC(C)(C)C2)cc1. The Kier molecular flexibility index (Phi) is 7.33. The molecule has 1 aromatic carbocycles. The fourth-order valence-corrected chi connectivity index (χ4v) is 4.06. The molecule has 2 rings (SSSR count). The Labute approximate surface area is 154 Å². The van der Waals surface area contributed by atoms with E-state index in [1.165, 1.54) is 37.7 Å². The number of hydrogen-bond acceptors (Lipinski definition) is 3. The molecule has 0 unspecified atom stereocenters. The highest BCUT2D eigenvalue weighted by Crippen LogP contribution is 2.45. The number of benzene rings is 1. The fourth-order valence-electron chi connectivity index (χ4n) is 4.06. The van der Waals surface area contributed by atoms with Crippen LogP contribution in [0.4, 0.5) is 0 Å². The summed E-state index contributed by atoms with van der Waals surface area (Å²) in [6, 6.07) is 8.33. The third-order valence-corrected chi connectivity index (χ3v) is 5.50. The first-order valence-electron chi connectivity index (χ1n) is 9.82. The van der Waals surface area contributed by atoms with Crippen molar-refractivity contribution in [1.82, 2.24) is 5.32 Å². The van der Waals surface area contributed by atoms with Gasteiger partial charge in [0.25, 0.3) is 0 Å². The Morgan fingerprint density at radius 1 is 1.16 bits per heavy atom. The Hall–Kier alpha value is -1.06. The summed E-state index contributed by atoms with van der Waals surface area (Å²) in [5, 5.41) is 3.64. The number of ether oxygens (including phenoxy) is 2. The lowest BCUT2D eigenvalue weighted by atomic mass is 9.68. The van der Waals surface area contributed by atoms with Gasteiger partial charge in [-0.25, -0.2) is 0 Å². The van der Waals surface area contributed by atoms with Crippen molar-refractivity contribution in [2.24, 2.45) is 11.3 Å². The third-order valence-electron chi connectivity index (χ3n) is 5.50. The van der Waals surface area contributed by atoms with E-state index in [0.717, 1.165) is 31.4 Å². The Morgan fingerprint density at radius 3 is 2.48 bits per heavy atom. The molecule has 0 spiro atoms. The van der Waals surface area contributed by atoms with Gasteiger partial charge in [0.2, 0.25) is 0 Å². The molecule has 1 saturated heterocycles. The van der Waals surface area contributed by atoms with Crippen LogP contribution < -0.4 is 10.1 Å². The van der Waals surface area contributed by atoms with E-state index in [2.05, 4.69) is 45.1 Å². The van der Waals surface area contributed by atoms with Crippen molar-refractivity contribution in [1.29, 1.82) is 0 Å². The molecular weight excluding hydrogens is 310 g/mol. The van der Waals surface area contributed by atoms with Gasteiger partial charge < -0.3 is 14.8 Å². The van der Waals surface area contributed by atoms with E-state index in [-0.39, 0.29) is 5.60 Å². The molecular formula is C22H37NO2. The zero-order chi connectivity index (χ0) is 18.3. The van der Waals surface area contributed by atoms with E-state index in [1.807, 2.05) is 12.1 Å². The maximum atomic E-state index is 5.99. The van der Waals surface area contributed by atoms with Crippen molar-refractivity contribution in [3.05, 3.63) is 29.8 Å². The molecule has 1 aliphatic rings. The van der Waals surface area contributed by atoms with Gasteiger partial charge in [-0.2, -0.15) is 0 Å². The van der Waals surface area contributed by atoms with Gasteiger partial charge in [0.05, 0.1) is 12.7 Å². The molecule has 0 amide bonds. The molecule has 1 N–H and O–H groups in total. The molecule has 0 radical (unpaired) electrons. The van der Waals surface area contributed by atoms with Crippen LogP contribution in [-0.4, -0.2) is 25.9 Å². The lowest BCUT2D eigenvalue weighted by Crippen LogP contribution is -2.42. The number of methoxy groups -OCH3 is 1. The molecule has 1 aliphatic heterocycles. The number of rotatable bonds is 9. The molecule has 0 saturated carbocycles. The van der Waals surface area contributed by atoms with Crippen LogP contribution in [-0.2, 0) is 11.3 Å². The molecule has 3 nitrogen and oxygen atoms in total. The summed E-state index contributed by atoms with van der Waals surface area (Å²) in [7, 11) is 1.71. The largest absolute Gasteiger partial charge is 0.497 e. The highest BCUT2D eigenvalue weighted by molar-refractivity contribution is 5.26. The van der Waals surface area contributed by atoms with Crippen molar-refractivity contribution in [2.75, 3.05) is 20.3 Å². The van der Waals surface area contributed by atoms with Crippen LogP contribution in [0.5, 0.6) is 5.75 Å². The second-order valence-corrected chi connectivity index (χ2v) is 8.74. The molecule has 0 bridgehead atoms. The molecule has 0 aromatic heterocycles. The van der Waals surface area contributed by atoms with Crippen LogP contribution in [0.25, 0.3) is 0 Å². The van der Waals surface area contributed by atoms with E-state index in [1.54, 1.807) is 7.11 Å². The Balaban J connectivity index is 1.86. The van der Waals surface area contributed by atoms with Crippen LogP contribution in [0.2, 0.25) is 0 Å². The standard InChI is InChI=1S/C22H37NO2/c1-18(2)10-11-22(13-15-25-21(3,4)17-22)12-14-23-16-19-6-8-20(24-5)9-7-19/h6-9,18,23H,10-17H2,1-5H3/t22-/m1/s1. The summed E-state index contributed by atoms with van der Waals surface area (Å²) in [4.78, 5) is 0. The summed E-state index contributed by atoms with van der Waals surface area (Å²) in [5.41, 5.74) is 1.76. The summed E-state index contributed by atoms with van der Waals surface area (Å²) >= 11 is 0. The normalized spacial score (nSPS) is 23.0. The molecule has 142 valence electrons. The van der Waals surface area contributed by atoms with Gasteiger partial charge in [-0.15, -0.1) is 0 Å². The highest BCUT2D eigenvalue weighted by Gasteiger charge is 2.40. The molecule has 1 fully saturated rings. The second kappa shape index (κ2) is 9.05. The predicted octanol–water partition coefficient (Wildman–Crippen LogP) is 5.19. The average molecular weight is 348 g/mol. The van der Waals surface area contributed by atoms with Crippen LogP contribution in [0, 0.1) is 11.3 Å². The quantitative estimate of drug-likeness (QED) is 0.624. The van der Waals surface area contributed by atoms with Gasteiger partial charge in [-0.05, 0) is 75.1 Å². The molecule has 25 heavy (non-hydrogen) atoms. The van der Waals surface area contributed by atoms with Gasteiger partial charge in [-0.1, -0.05) is 32.4 Å². The van der Waals surface area contributed by atoms with Gasteiger partial charge in [0.1, 0.15) is 5.75 Å². The highest BCUT2D eigenvalue weighted by atomic mass is 16.5. The van der Waals surface area contributed by atoms with Gasteiger partial charge >= 0.3 is 0 Å². The van der Waals surface area contributed by atoms with Crippen LogP contribution in [0.1, 0.15) is 65.4 Å².